The summed E-state index contributed by atoms with van der Waals surface area (Å²) in [5.74, 6) is -0.190. The second kappa shape index (κ2) is 6.41. The molecule has 4 nitrogen and oxygen atoms in total. The van der Waals surface area contributed by atoms with Crippen molar-refractivity contribution in [3.63, 3.8) is 0 Å². The van der Waals surface area contributed by atoms with E-state index in [1.54, 1.807) is 29.1 Å². The summed E-state index contributed by atoms with van der Waals surface area (Å²) in [6.07, 6.45) is 3.53. The normalized spacial score (nSPS) is 10.5. The molecule has 1 aromatic heterocycles. The number of hydrogen-bond donors (Lipinski definition) is 1. The van der Waals surface area contributed by atoms with Gasteiger partial charge in [-0.2, -0.15) is 5.10 Å². The fourth-order valence-corrected chi connectivity index (χ4v) is 2.11. The number of aromatic nitrogens is 2. The minimum atomic E-state index is -0.190. The minimum absolute atomic E-state index is 0.190. The Hall–Kier alpha value is -1.04. The van der Waals surface area contributed by atoms with E-state index in [9.17, 15) is 4.79 Å². The smallest absolute Gasteiger partial charge is 0.251 e. The topological polar surface area (TPSA) is 46.9 Å². The van der Waals surface area contributed by atoms with Crippen LogP contribution in [0.25, 0.3) is 0 Å². The molecule has 0 aliphatic carbocycles. The highest BCUT2D eigenvalue weighted by Gasteiger charge is 2.07. The summed E-state index contributed by atoms with van der Waals surface area (Å²) in [4.78, 5) is 11.9. The van der Waals surface area contributed by atoms with Gasteiger partial charge in [0.15, 0.2) is 0 Å². The second-order valence-corrected chi connectivity index (χ2v) is 5.54. The molecule has 0 saturated carbocycles. The summed E-state index contributed by atoms with van der Waals surface area (Å²) in [6.45, 7) is 1.08. The Kier molecular flexibility index (Phi) is 4.85. The van der Waals surface area contributed by atoms with Gasteiger partial charge in [0.05, 0.1) is 27.3 Å². The molecule has 1 amide bonds. The average Bonchev–Trinajstić information content (AvgIpc) is 2.78. The Bertz CT molecular complexity index is 600. The maximum absolute atomic E-state index is 11.9. The number of carbonyl (C=O) groups is 1. The van der Waals surface area contributed by atoms with Gasteiger partial charge in [-0.05, 0) is 34.1 Å². The number of carbonyl (C=O) groups excluding carboxylic acids is 1. The van der Waals surface area contributed by atoms with E-state index in [1.165, 1.54) is 0 Å². The molecule has 2 aromatic rings. The number of hydrogen-bond acceptors (Lipinski definition) is 2. The third kappa shape index (κ3) is 3.96. The number of halogens is 3. The Morgan fingerprint density at radius 3 is 2.79 bits per heavy atom. The van der Waals surface area contributed by atoms with Crippen molar-refractivity contribution < 1.29 is 4.79 Å². The molecule has 0 fully saturated rings. The first-order chi connectivity index (χ1) is 9.06. The first kappa shape index (κ1) is 14.4. The van der Waals surface area contributed by atoms with Crippen LogP contribution in [0, 0.1) is 0 Å². The summed E-state index contributed by atoms with van der Waals surface area (Å²) in [7, 11) is 0. The Labute approximate surface area is 128 Å². The lowest BCUT2D eigenvalue weighted by atomic mass is 10.2. The van der Waals surface area contributed by atoms with Crippen LogP contribution < -0.4 is 5.32 Å². The van der Waals surface area contributed by atoms with Gasteiger partial charge in [0.25, 0.3) is 5.91 Å². The molecule has 0 saturated heterocycles. The van der Waals surface area contributed by atoms with Gasteiger partial charge in [0, 0.05) is 18.3 Å². The second-order valence-electron chi connectivity index (χ2n) is 3.81. The molecular weight excluding hydrogens is 353 g/mol. The molecule has 0 spiro atoms. The number of benzene rings is 1. The van der Waals surface area contributed by atoms with Crippen LogP contribution in [0.2, 0.25) is 10.0 Å². The van der Waals surface area contributed by atoms with E-state index in [-0.39, 0.29) is 5.91 Å². The van der Waals surface area contributed by atoms with Crippen LogP contribution in [0.1, 0.15) is 10.4 Å². The fourth-order valence-electron chi connectivity index (χ4n) is 1.48. The molecule has 0 aliphatic heterocycles. The maximum atomic E-state index is 11.9. The van der Waals surface area contributed by atoms with Crippen LogP contribution in [-0.4, -0.2) is 22.2 Å². The third-order valence-corrected chi connectivity index (χ3v) is 3.56. The zero-order valence-electron chi connectivity index (χ0n) is 9.74. The van der Waals surface area contributed by atoms with Gasteiger partial charge in [-0.15, -0.1) is 0 Å². The van der Waals surface area contributed by atoms with Crippen molar-refractivity contribution in [1.82, 2.24) is 15.1 Å². The SMILES string of the molecule is O=C(NCCn1cc(Br)cn1)c1ccc(Cl)c(Cl)c1. The van der Waals surface area contributed by atoms with E-state index in [2.05, 4.69) is 26.3 Å². The molecule has 1 N–H and O–H groups in total. The monoisotopic (exact) mass is 361 g/mol. The van der Waals surface area contributed by atoms with Crippen molar-refractivity contribution in [3.05, 3.63) is 50.7 Å². The van der Waals surface area contributed by atoms with E-state index in [0.29, 0.717) is 28.7 Å². The standard InChI is InChI=1S/C12H10BrCl2N3O/c13-9-6-17-18(7-9)4-3-16-12(19)8-1-2-10(14)11(15)5-8/h1-2,5-7H,3-4H2,(H,16,19). The van der Waals surface area contributed by atoms with Crippen LogP contribution in [0.3, 0.4) is 0 Å². The highest BCUT2D eigenvalue weighted by atomic mass is 79.9. The van der Waals surface area contributed by atoms with Gasteiger partial charge >= 0.3 is 0 Å². The molecule has 0 aliphatic rings. The van der Waals surface area contributed by atoms with Gasteiger partial charge in [0.2, 0.25) is 0 Å². The summed E-state index contributed by atoms with van der Waals surface area (Å²) in [6, 6.07) is 4.78. The molecule has 0 bridgehead atoms. The number of nitrogens with one attached hydrogen (secondary N) is 1. The fraction of sp³-hybridized carbons (Fsp3) is 0.167. The average molecular weight is 363 g/mol. The van der Waals surface area contributed by atoms with Crippen LogP contribution >= 0.6 is 39.1 Å². The van der Waals surface area contributed by atoms with Crippen LogP contribution in [-0.2, 0) is 6.54 Å². The predicted octanol–water partition coefficient (Wildman–Crippen LogP) is 3.38. The van der Waals surface area contributed by atoms with Crippen LogP contribution in [0.4, 0.5) is 0 Å². The zero-order valence-corrected chi connectivity index (χ0v) is 12.8. The van der Waals surface area contributed by atoms with Crippen molar-refractivity contribution in [1.29, 1.82) is 0 Å². The summed E-state index contributed by atoms with van der Waals surface area (Å²) in [5.41, 5.74) is 0.482. The van der Waals surface area contributed by atoms with E-state index in [0.717, 1.165) is 4.47 Å². The lowest BCUT2D eigenvalue weighted by Crippen LogP contribution is -2.27. The van der Waals surface area contributed by atoms with Gasteiger partial charge < -0.3 is 5.32 Å². The quantitative estimate of drug-likeness (QED) is 0.906. The molecule has 0 unspecified atom stereocenters. The number of amides is 1. The van der Waals surface area contributed by atoms with Crippen LogP contribution in [0.5, 0.6) is 0 Å². The van der Waals surface area contributed by atoms with E-state index < -0.39 is 0 Å². The van der Waals surface area contributed by atoms with Crippen molar-refractivity contribution in [2.45, 2.75) is 6.54 Å². The summed E-state index contributed by atoms with van der Waals surface area (Å²) < 4.78 is 2.64. The van der Waals surface area contributed by atoms with Crippen molar-refractivity contribution in [2.75, 3.05) is 6.54 Å². The number of rotatable bonds is 4. The minimum Gasteiger partial charge on any atom is -0.350 e. The van der Waals surface area contributed by atoms with Gasteiger partial charge in [-0.3, -0.25) is 9.48 Å². The molecule has 100 valence electrons. The molecule has 7 heteroatoms. The lowest BCUT2D eigenvalue weighted by Gasteiger charge is -2.06. The molecule has 0 radical (unpaired) electrons. The van der Waals surface area contributed by atoms with Gasteiger partial charge in [-0.25, -0.2) is 0 Å². The van der Waals surface area contributed by atoms with E-state index in [1.807, 2.05) is 6.20 Å². The van der Waals surface area contributed by atoms with Crippen molar-refractivity contribution in [3.8, 4) is 0 Å². The molecule has 1 aromatic carbocycles. The highest BCUT2D eigenvalue weighted by molar-refractivity contribution is 9.10. The largest absolute Gasteiger partial charge is 0.350 e. The molecule has 19 heavy (non-hydrogen) atoms. The highest BCUT2D eigenvalue weighted by Crippen LogP contribution is 2.22. The first-order valence-electron chi connectivity index (χ1n) is 5.47. The Balaban J connectivity index is 1.89. The summed E-state index contributed by atoms with van der Waals surface area (Å²) >= 11 is 15.0. The first-order valence-corrected chi connectivity index (χ1v) is 7.02. The lowest BCUT2D eigenvalue weighted by molar-refractivity contribution is 0.0952. The van der Waals surface area contributed by atoms with E-state index >= 15 is 0 Å². The van der Waals surface area contributed by atoms with Crippen LogP contribution in [0.15, 0.2) is 35.1 Å². The maximum Gasteiger partial charge on any atom is 0.251 e. The summed E-state index contributed by atoms with van der Waals surface area (Å²) in [5, 5.41) is 7.67. The molecule has 0 atom stereocenters. The zero-order chi connectivity index (χ0) is 13.8. The predicted molar refractivity (Wildman–Crippen MR) is 78.7 cm³/mol. The molecule has 2 rings (SSSR count). The molecule has 1 heterocycles. The number of nitrogens with zero attached hydrogens (tertiary/aromatic N) is 2. The Morgan fingerprint density at radius 2 is 2.16 bits per heavy atom. The molecular formula is C12H10BrCl2N3O. The van der Waals surface area contributed by atoms with E-state index in [4.69, 9.17) is 23.2 Å². The van der Waals surface area contributed by atoms with Crippen molar-refractivity contribution in [2.24, 2.45) is 0 Å². The third-order valence-electron chi connectivity index (χ3n) is 2.41. The Morgan fingerprint density at radius 1 is 1.37 bits per heavy atom. The van der Waals surface area contributed by atoms with Gasteiger partial charge in [0.1, 0.15) is 0 Å². The van der Waals surface area contributed by atoms with Gasteiger partial charge in [-0.1, -0.05) is 23.2 Å². The van der Waals surface area contributed by atoms with Crippen molar-refractivity contribution >= 4 is 45.0 Å².